The summed E-state index contributed by atoms with van der Waals surface area (Å²) >= 11 is 4.67. The largest absolute Gasteiger partial charge is 0.480 e. The zero-order valence-corrected chi connectivity index (χ0v) is 12.3. The van der Waals surface area contributed by atoms with E-state index in [-0.39, 0.29) is 5.97 Å². The highest BCUT2D eigenvalue weighted by molar-refractivity contribution is 9.08. The number of halogens is 1. The third kappa shape index (κ3) is 2.20. The van der Waals surface area contributed by atoms with Gasteiger partial charge >= 0.3 is 5.97 Å². The van der Waals surface area contributed by atoms with Crippen molar-refractivity contribution in [1.29, 1.82) is 0 Å². The van der Waals surface area contributed by atoms with Gasteiger partial charge in [0.2, 0.25) is 5.88 Å². The van der Waals surface area contributed by atoms with E-state index in [1.807, 2.05) is 0 Å². The van der Waals surface area contributed by atoms with Crippen LogP contribution in [0.25, 0.3) is 10.2 Å². The molecule has 0 aromatic carbocycles. The number of ether oxygens (including phenoxy) is 2. The van der Waals surface area contributed by atoms with Crippen LogP contribution < -0.4 is 4.74 Å². The van der Waals surface area contributed by atoms with Crippen LogP contribution in [0.15, 0.2) is 6.33 Å². The predicted octanol–water partition coefficient (Wildman–Crippen LogP) is 2.77. The van der Waals surface area contributed by atoms with Crippen LogP contribution in [0.1, 0.15) is 22.2 Å². The van der Waals surface area contributed by atoms with Crippen molar-refractivity contribution in [1.82, 2.24) is 9.97 Å². The second-order valence-corrected chi connectivity index (χ2v) is 4.89. The van der Waals surface area contributed by atoms with Gasteiger partial charge in [-0.25, -0.2) is 14.8 Å². The third-order valence-electron chi connectivity index (χ3n) is 2.34. The van der Waals surface area contributed by atoms with Crippen LogP contribution >= 0.6 is 27.3 Å². The average molecular weight is 331 g/mol. The lowest BCUT2D eigenvalue weighted by Gasteiger charge is -2.03. The first-order valence-electron chi connectivity index (χ1n) is 5.26. The van der Waals surface area contributed by atoms with Crippen molar-refractivity contribution in [2.45, 2.75) is 12.3 Å². The number of aromatic nitrogens is 2. The molecular weight excluding hydrogens is 320 g/mol. The molecule has 18 heavy (non-hydrogen) atoms. The molecule has 2 aromatic rings. The lowest BCUT2D eigenvalue weighted by molar-refractivity contribution is 0.0531. The Morgan fingerprint density at radius 1 is 1.50 bits per heavy atom. The molecule has 0 unspecified atom stereocenters. The maximum absolute atomic E-state index is 11.9. The molecular formula is C11H11BrN2O3S. The fourth-order valence-corrected chi connectivity index (χ4v) is 3.40. The van der Waals surface area contributed by atoms with Crippen molar-refractivity contribution in [2.75, 3.05) is 13.7 Å². The molecule has 0 aliphatic heterocycles. The van der Waals surface area contributed by atoms with Crippen LogP contribution in [-0.2, 0) is 10.1 Å². The third-order valence-corrected chi connectivity index (χ3v) is 4.02. The van der Waals surface area contributed by atoms with E-state index in [0.717, 1.165) is 15.8 Å². The Kier molecular flexibility index (Phi) is 4.13. The quantitative estimate of drug-likeness (QED) is 0.637. The van der Waals surface area contributed by atoms with E-state index in [4.69, 9.17) is 9.47 Å². The van der Waals surface area contributed by atoms with Gasteiger partial charge in [-0.3, -0.25) is 0 Å². The Morgan fingerprint density at radius 3 is 2.89 bits per heavy atom. The molecule has 0 saturated heterocycles. The van der Waals surface area contributed by atoms with Gasteiger partial charge in [0, 0.05) is 10.9 Å². The number of rotatable bonds is 4. The van der Waals surface area contributed by atoms with Gasteiger partial charge in [0.15, 0.2) is 0 Å². The average Bonchev–Trinajstić information content (AvgIpc) is 2.77. The van der Waals surface area contributed by atoms with Crippen molar-refractivity contribution in [3.63, 3.8) is 0 Å². The fraction of sp³-hybridized carbons (Fsp3) is 0.364. The summed E-state index contributed by atoms with van der Waals surface area (Å²) in [6.07, 6.45) is 1.42. The second-order valence-electron chi connectivity index (χ2n) is 3.33. The van der Waals surface area contributed by atoms with E-state index < -0.39 is 0 Å². The molecule has 96 valence electrons. The number of nitrogens with zero attached hydrogens (tertiary/aromatic N) is 2. The van der Waals surface area contributed by atoms with E-state index in [1.54, 1.807) is 14.0 Å². The fourth-order valence-electron chi connectivity index (χ4n) is 1.61. The molecule has 0 atom stereocenters. The molecule has 0 saturated carbocycles. The Balaban J connectivity index is 2.65. The molecule has 0 amide bonds. The topological polar surface area (TPSA) is 61.3 Å². The van der Waals surface area contributed by atoms with Crippen molar-refractivity contribution < 1.29 is 14.3 Å². The first-order valence-corrected chi connectivity index (χ1v) is 7.20. The molecule has 7 heteroatoms. The van der Waals surface area contributed by atoms with Gasteiger partial charge < -0.3 is 9.47 Å². The molecule has 0 aliphatic carbocycles. The van der Waals surface area contributed by atoms with E-state index in [9.17, 15) is 4.79 Å². The molecule has 2 heterocycles. The predicted molar refractivity (Wildman–Crippen MR) is 72.6 cm³/mol. The molecule has 5 nitrogen and oxygen atoms in total. The minimum atomic E-state index is -0.336. The minimum absolute atomic E-state index is 0.336. The number of hydrogen-bond donors (Lipinski definition) is 0. The van der Waals surface area contributed by atoms with E-state index in [0.29, 0.717) is 22.7 Å². The Morgan fingerprint density at radius 2 is 2.28 bits per heavy atom. The van der Waals surface area contributed by atoms with Gasteiger partial charge in [-0.15, -0.1) is 11.3 Å². The Labute approximate surface area is 116 Å². The van der Waals surface area contributed by atoms with Gasteiger partial charge in [0.25, 0.3) is 0 Å². The molecule has 2 rings (SSSR count). The summed E-state index contributed by atoms with van der Waals surface area (Å²) in [5.41, 5.74) is 0.811. The highest BCUT2D eigenvalue weighted by atomic mass is 79.9. The molecule has 2 aromatic heterocycles. The lowest BCUT2D eigenvalue weighted by atomic mass is 10.2. The molecule has 0 spiro atoms. The summed E-state index contributed by atoms with van der Waals surface area (Å²) in [4.78, 5) is 21.4. The summed E-state index contributed by atoms with van der Waals surface area (Å²) in [5, 5.41) is 1.29. The maximum atomic E-state index is 11.9. The van der Waals surface area contributed by atoms with E-state index >= 15 is 0 Å². The van der Waals surface area contributed by atoms with Gasteiger partial charge in [0.05, 0.1) is 19.1 Å². The Hall–Kier alpha value is -1.21. The zero-order valence-electron chi connectivity index (χ0n) is 9.90. The number of methoxy groups -OCH3 is 1. The summed E-state index contributed by atoms with van der Waals surface area (Å²) in [7, 11) is 1.54. The number of esters is 1. The normalized spacial score (nSPS) is 10.6. The first kappa shape index (κ1) is 13.2. The van der Waals surface area contributed by atoms with Crippen LogP contribution in [0.4, 0.5) is 0 Å². The highest BCUT2D eigenvalue weighted by Crippen LogP contribution is 2.36. The van der Waals surface area contributed by atoms with Crippen LogP contribution in [-0.4, -0.2) is 29.7 Å². The summed E-state index contributed by atoms with van der Waals surface area (Å²) in [6, 6.07) is 0. The first-order chi connectivity index (χ1) is 8.72. The van der Waals surface area contributed by atoms with Gasteiger partial charge in [-0.1, -0.05) is 15.9 Å². The van der Waals surface area contributed by atoms with Gasteiger partial charge in [-0.2, -0.15) is 0 Å². The zero-order chi connectivity index (χ0) is 13.1. The number of thiophene rings is 1. The summed E-state index contributed by atoms with van der Waals surface area (Å²) in [5.74, 6) is 0.137. The Bertz CT molecular complexity index is 585. The number of carbonyl (C=O) groups excluding carboxylic acids is 1. The molecule has 0 N–H and O–H groups in total. The van der Waals surface area contributed by atoms with Crippen molar-refractivity contribution in [3.8, 4) is 5.88 Å². The molecule has 0 radical (unpaired) electrons. The van der Waals surface area contributed by atoms with Crippen LogP contribution in [0.2, 0.25) is 0 Å². The standard InChI is InChI=1S/C11H11BrN2O3S/c1-3-17-11(15)8-6(4-12)7-9(16-2)13-5-14-10(7)18-8/h5H,3-4H2,1-2H3. The number of fused-ring (bicyclic) bond motifs is 1. The van der Waals surface area contributed by atoms with Crippen molar-refractivity contribution in [3.05, 3.63) is 16.8 Å². The molecule has 0 fully saturated rings. The number of carbonyl (C=O) groups is 1. The summed E-state index contributed by atoms with van der Waals surface area (Å²) < 4.78 is 10.2. The monoisotopic (exact) mass is 330 g/mol. The maximum Gasteiger partial charge on any atom is 0.348 e. The van der Waals surface area contributed by atoms with Crippen LogP contribution in [0.3, 0.4) is 0 Å². The van der Waals surface area contributed by atoms with Crippen molar-refractivity contribution >= 4 is 43.5 Å². The lowest BCUT2D eigenvalue weighted by Crippen LogP contribution is -2.04. The van der Waals surface area contributed by atoms with Crippen molar-refractivity contribution in [2.24, 2.45) is 0 Å². The van der Waals surface area contributed by atoms with E-state index in [2.05, 4.69) is 25.9 Å². The minimum Gasteiger partial charge on any atom is -0.480 e. The van der Waals surface area contributed by atoms with Gasteiger partial charge in [-0.05, 0) is 6.92 Å². The molecule has 0 aliphatic rings. The number of hydrogen-bond acceptors (Lipinski definition) is 6. The molecule has 0 bridgehead atoms. The van der Waals surface area contributed by atoms with E-state index in [1.165, 1.54) is 17.7 Å². The SMILES string of the molecule is CCOC(=O)c1sc2ncnc(OC)c2c1CBr. The summed E-state index contributed by atoms with van der Waals surface area (Å²) in [6.45, 7) is 2.12. The highest BCUT2D eigenvalue weighted by Gasteiger charge is 2.22. The van der Waals surface area contributed by atoms with Gasteiger partial charge in [0.1, 0.15) is 16.0 Å². The second kappa shape index (κ2) is 5.62. The van der Waals surface area contributed by atoms with Crippen LogP contribution in [0, 0.1) is 0 Å². The smallest absolute Gasteiger partial charge is 0.348 e. The number of alkyl halides is 1. The van der Waals surface area contributed by atoms with Crippen LogP contribution in [0.5, 0.6) is 5.88 Å².